The van der Waals surface area contributed by atoms with E-state index in [1.165, 1.54) is 5.56 Å². The van der Waals surface area contributed by atoms with E-state index in [-0.39, 0.29) is 12.0 Å². The van der Waals surface area contributed by atoms with E-state index in [1.54, 1.807) is 0 Å². The van der Waals surface area contributed by atoms with Crippen LogP contribution < -0.4 is 4.74 Å². The highest BCUT2D eigenvalue weighted by Gasteiger charge is 2.09. The Labute approximate surface area is 116 Å². The Kier molecular flexibility index (Phi) is 6.38. The minimum Gasteiger partial charge on any atom is -0.491 e. The molecule has 1 rings (SSSR count). The number of nitrogens with zero attached hydrogens (tertiary/aromatic N) is 2. The lowest BCUT2D eigenvalue weighted by Crippen LogP contribution is -2.24. The predicted octanol–water partition coefficient (Wildman–Crippen LogP) is 3.46. The van der Waals surface area contributed by atoms with Crippen molar-refractivity contribution in [3.05, 3.63) is 29.8 Å². The Bertz CT molecular complexity index is 406. The lowest BCUT2D eigenvalue weighted by atomic mass is 10.1. The van der Waals surface area contributed by atoms with Gasteiger partial charge in [0.25, 0.3) is 0 Å². The van der Waals surface area contributed by atoms with Gasteiger partial charge < -0.3 is 9.64 Å². The smallest absolute Gasteiger partial charge is 0.119 e. The highest BCUT2D eigenvalue weighted by Crippen LogP contribution is 2.15. The molecule has 0 aliphatic rings. The number of benzene rings is 1. The fraction of sp³-hybridized carbons (Fsp3) is 0.562. The fourth-order valence-electron chi connectivity index (χ4n) is 1.96. The summed E-state index contributed by atoms with van der Waals surface area (Å²) in [7, 11) is 2.05. The Morgan fingerprint density at radius 2 is 1.89 bits per heavy atom. The number of rotatable bonds is 7. The van der Waals surface area contributed by atoms with Crippen LogP contribution in [0.25, 0.3) is 0 Å². The summed E-state index contributed by atoms with van der Waals surface area (Å²) in [5, 5.41) is 8.97. The molecular weight excluding hydrogens is 236 g/mol. The van der Waals surface area contributed by atoms with Gasteiger partial charge in [0.05, 0.1) is 18.1 Å². The zero-order valence-electron chi connectivity index (χ0n) is 12.4. The summed E-state index contributed by atoms with van der Waals surface area (Å²) < 4.78 is 5.62. The Morgan fingerprint density at radius 3 is 2.37 bits per heavy atom. The van der Waals surface area contributed by atoms with Crippen LogP contribution in [0.15, 0.2) is 24.3 Å². The van der Waals surface area contributed by atoms with Crippen molar-refractivity contribution in [1.29, 1.82) is 5.26 Å². The average molecular weight is 260 g/mol. The fourth-order valence-corrected chi connectivity index (χ4v) is 1.96. The number of nitriles is 1. The van der Waals surface area contributed by atoms with Crippen molar-refractivity contribution in [3.63, 3.8) is 0 Å². The molecule has 0 heterocycles. The minimum absolute atomic E-state index is 0.119. The van der Waals surface area contributed by atoms with Crippen LogP contribution in [-0.2, 0) is 6.54 Å². The quantitative estimate of drug-likeness (QED) is 0.753. The monoisotopic (exact) mass is 260 g/mol. The number of ether oxygens (including phenoxy) is 1. The van der Waals surface area contributed by atoms with E-state index in [0.717, 1.165) is 25.3 Å². The van der Waals surface area contributed by atoms with Crippen LogP contribution >= 0.6 is 0 Å². The molecule has 0 amide bonds. The van der Waals surface area contributed by atoms with Gasteiger partial charge in [0.15, 0.2) is 0 Å². The van der Waals surface area contributed by atoms with Gasteiger partial charge >= 0.3 is 0 Å². The minimum atomic E-state index is 0.119. The van der Waals surface area contributed by atoms with E-state index in [9.17, 15) is 0 Å². The second-order valence-corrected chi connectivity index (χ2v) is 5.24. The van der Waals surface area contributed by atoms with Crippen molar-refractivity contribution >= 4 is 0 Å². The van der Waals surface area contributed by atoms with Gasteiger partial charge in [-0.3, -0.25) is 0 Å². The number of hydrogen-bond acceptors (Lipinski definition) is 3. The van der Waals surface area contributed by atoms with Gasteiger partial charge in [-0.25, -0.2) is 0 Å². The molecule has 0 spiro atoms. The molecule has 0 radical (unpaired) electrons. The van der Waals surface area contributed by atoms with E-state index in [2.05, 4.69) is 37.1 Å². The van der Waals surface area contributed by atoms with Crippen molar-refractivity contribution in [2.75, 3.05) is 13.6 Å². The SMILES string of the molecule is CCC(C#N)CN(C)Cc1ccc(OC(C)C)cc1. The molecule has 0 saturated heterocycles. The molecule has 1 unspecified atom stereocenters. The van der Waals surface area contributed by atoms with E-state index in [4.69, 9.17) is 10.00 Å². The summed E-state index contributed by atoms with van der Waals surface area (Å²) in [4.78, 5) is 2.19. The van der Waals surface area contributed by atoms with E-state index in [1.807, 2.05) is 26.0 Å². The third kappa shape index (κ3) is 5.76. The van der Waals surface area contributed by atoms with Gasteiger partial charge in [-0.2, -0.15) is 5.26 Å². The van der Waals surface area contributed by atoms with Crippen LogP contribution in [0.1, 0.15) is 32.8 Å². The zero-order chi connectivity index (χ0) is 14.3. The summed E-state index contributed by atoms with van der Waals surface area (Å²) in [5.74, 6) is 1.03. The van der Waals surface area contributed by atoms with Crippen molar-refractivity contribution in [2.24, 2.45) is 5.92 Å². The van der Waals surface area contributed by atoms with Crippen LogP contribution in [0.3, 0.4) is 0 Å². The topological polar surface area (TPSA) is 36.3 Å². The molecule has 1 atom stereocenters. The molecule has 3 heteroatoms. The van der Waals surface area contributed by atoms with Gasteiger partial charge in [0.1, 0.15) is 5.75 Å². The Balaban J connectivity index is 2.51. The van der Waals surface area contributed by atoms with Crippen LogP contribution in [0.4, 0.5) is 0 Å². The van der Waals surface area contributed by atoms with Crippen molar-refractivity contribution < 1.29 is 4.74 Å². The summed E-state index contributed by atoms with van der Waals surface area (Å²) >= 11 is 0. The molecule has 0 saturated carbocycles. The van der Waals surface area contributed by atoms with Gasteiger partial charge in [0, 0.05) is 13.1 Å². The van der Waals surface area contributed by atoms with Crippen molar-refractivity contribution in [2.45, 2.75) is 39.8 Å². The maximum absolute atomic E-state index is 8.97. The van der Waals surface area contributed by atoms with E-state index >= 15 is 0 Å². The molecule has 0 aliphatic heterocycles. The van der Waals surface area contributed by atoms with Gasteiger partial charge in [-0.1, -0.05) is 19.1 Å². The molecule has 19 heavy (non-hydrogen) atoms. The summed E-state index contributed by atoms with van der Waals surface area (Å²) in [6.45, 7) is 7.78. The number of hydrogen-bond donors (Lipinski definition) is 0. The standard InChI is InChI=1S/C16H24N2O/c1-5-14(10-17)11-18(4)12-15-6-8-16(9-7-15)19-13(2)3/h6-9,13-14H,5,11-12H2,1-4H3. The summed E-state index contributed by atoms with van der Waals surface area (Å²) in [5.41, 5.74) is 1.24. The normalized spacial score (nSPS) is 12.5. The third-order valence-electron chi connectivity index (χ3n) is 2.96. The molecular formula is C16H24N2O. The highest BCUT2D eigenvalue weighted by atomic mass is 16.5. The van der Waals surface area contributed by atoms with Crippen molar-refractivity contribution in [1.82, 2.24) is 4.90 Å². The van der Waals surface area contributed by atoms with Crippen LogP contribution in [-0.4, -0.2) is 24.6 Å². The van der Waals surface area contributed by atoms with Gasteiger partial charge in [0.2, 0.25) is 0 Å². The first-order valence-electron chi connectivity index (χ1n) is 6.89. The first-order valence-corrected chi connectivity index (χ1v) is 6.89. The molecule has 0 N–H and O–H groups in total. The molecule has 1 aromatic carbocycles. The lowest BCUT2D eigenvalue weighted by Gasteiger charge is -2.19. The molecule has 104 valence electrons. The van der Waals surface area contributed by atoms with Crippen LogP contribution in [0, 0.1) is 17.2 Å². The molecule has 1 aromatic rings. The van der Waals surface area contributed by atoms with Gasteiger partial charge in [-0.15, -0.1) is 0 Å². The molecule has 0 fully saturated rings. The third-order valence-corrected chi connectivity index (χ3v) is 2.96. The largest absolute Gasteiger partial charge is 0.491 e. The molecule has 3 nitrogen and oxygen atoms in total. The Morgan fingerprint density at radius 1 is 1.26 bits per heavy atom. The molecule has 0 aliphatic carbocycles. The Hall–Kier alpha value is -1.53. The first-order chi connectivity index (χ1) is 9.05. The average Bonchev–Trinajstić information content (AvgIpc) is 2.37. The van der Waals surface area contributed by atoms with Crippen LogP contribution in [0.5, 0.6) is 5.75 Å². The van der Waals surface area contributed by atoms with Gasteiger partial charge in [-0.05, 0) is 45.0 Å². The summed E-state index contributed by atoms with van der Waals surface area (Å²) in [6.07, 6.45) is 1.11. The first kappa shape index (κ1) is 15.5. The second kappa shape index (κ2) is 7.81. The van der Waals surface area contributed by atoms with E-state index in [0.29, 0.717) is 0 Å². The van der Waals surface area contributed by atoms with E-state index < -0.39 is 0 Å². The lowest BCUT2D eigenvalue weighted by molar-refractivity contribution is 0.242. The van der Waals surface area contributed by atoms with Crippen LogP contribution in [0.2, 0.25) is 0 Å². The second-order valence-electron chi connectivity index (χ2n) is 5.24. The maximum Gasteiger partial charge on any atom is 0.119 e. The maximum atomic E-state index is 8.97. The molecule has 0 aromatic heterocycles. The molecule has 0 bridgehead atoms. The predicted molar refractivity (Wildman–Crippen MR) is 77.9 cm³/mol. The summed E-state index contributed by atoms with van der Waals surface area (Å²) in [6, 6.07) is 10.5. The zero-order valence-corrected chi connectivity index (χ0v) is 12.4. The highest BCUT2D eigenvalue weighted by molar-refractivity contribution is 5.27. The van der Waals surface area contributed by atoms with Crippen molar-refractivity contribution in [3.8, 4) is 11.8 Å².